The molecule has 1 rings (SSSR count). The quantitative estimate of drug-likeness (QED) is 0.362. The first-order valence-electron chi connectivity index (χ1n) is 7.00. The van der Waals surface area contributed by atoms with Crippen molar-refractivity contribution in [2.45, 2.75) is 6.10 Å². The van der Waals surface area contributed by atoms with Crippen LogP contribution >= 0.6 is 0 Å². The first-order valence-corrected chi connectivity index (χ1v) is 7.00. The maximum absolute atomic E-state index is 11.9. The van der Waals surface area contributed by atoms with Crippen molar-refractivity contribution in [3.8, 4) is 0 Å². The highest BCUT2D eigenvalue weighted by Gasteiger charge is 2.18. The van der Waals surface area contributed by atoms with Crippen LogP contribution in [0.4, 0.5) is 0 Å². The topological polar surface area (TPSA) is 119 Å². The maximum atomic E-state index is 11.9. The van der Waals surface area contributed by atoms with Crippen LogP contribution in [0.25, 0.3) is 0 Å². The molecule has 0 aliphatic heterocycles. The summed E-state index contributed by atoms with van der Waals surface area (Å²) in [6, 6.07) is 5.60. The minimum atomic E-state index is -1.25. The molecule has 130 valence electrons. The van der Waals surface area contributed by atoms with E-state index in [0.717, 1.165) is 6.08 Å². The average molecular weight is 338 g/mol. The monoisotopic (exact) mass is 338 g/mol. The molecule has 2 N–H and O–H groups in total. The predicted octanol–water partition coefficient (Wildman–Crippen LogP) is 0.648. The molecule has 1 unspecified atom stereocenters. The summed E-state index contributed by atoms with van der Waals surface area (Å²) in [7, 11) is 0. The van der Waals surface area contributed by atoms with Crippen LogP contribution in [0.1, 0.15) is 20.7 Å². The molecule has 0 saturated heterocycles. The number of aromatic carboxylic acids is 1. The van der Waals surface area contributed by atoms with E-state index in [-0.39, 0.29) is 37.6 Å². The summed E-state index contributed by atoms with van der Waals surface area (Å²) in [5.41, 5.74) is -0.285. The van der Waals surface area contributed by atoms with E-state index in [1.165, 1.54) is 24.3 Å². The highest BCUT2D eigenvalue weighted by molar-refractivity contribution is 6.02. The molecule has 0 fully saturated rings. The van der Waals surface area contributed by atoms with Crippen molar-refractivity contribution < 1.29 is 38.8 Å². The summed E-state index contributed by atoms with van der Waals surface area (Å²) in [5.74, 6) is -2.68. The summed E-state index contributed by atoms with van der Waals surface area (Å²) in [6.45, 7) is 2.79. The van der Waals surface area contributed by atoms with Crippen LogP contribution in [0.2, 0.25) is 0 Å². The van der Waals surface area contributed by atoms with E-state index in [9.17, 15) is 19.5 Å². The first kappa shape index (κ1) is 19.3. The third-order valence-electron chi connectivity index (χ3n) is 2.73. The van der Waals surface area contributed by atoms with Gasteiger partial charge in [-0.1, -0.05) is 18.7 Å². The highest BCUT2D eigenvalue weighted by Crippen LogP contribution is 2.10. The minimum Gasteiger partial charge on any atom is -0.478 e. The molecular formula is C16H18O8. The van der Waals surface area contributed by atoms with Crippen molar-refractivity contribution in [1.29, 1.82) is 0 Å². The molecule has 1 aromatic rings. The summed E-state index contributed by atoms with van der Waals surface area (Å²) in [5, 5.41) is 18.6. The summed E-state index contributed by atoms with van der Waals surface area (Å²) in [6.07, 6.45) is -0.0791. The number of carbonyl (C=O) groups is 3. The Morgan fingerprint density at radius 3 is 2.38 bits per heavy atom. The Kier molecular flexibility index (Phi) is 8.17. The Balaban J connectivity index is 2.33. The molecule has 0 radical (unpaired) electrons. The average Bonchev–Trinajstić information content (AvgIpc) is 2.58. The Hall–Kier alpha value is -2.71. The number of aliphatic hydroxyl groups is 1. The largest absolute Gasteiger partial charge is 0.478 e. The lowest BCUT2D eigenvalue weighted by molar-refractivity contribution is -0.139. The maximum Gasteiger partial charge on any atom is 0.339 e. The van der Waals surface area contributed by atoms with Gasteiger partial charge < -0.3 is 24.4 Å². The third kappa shape index (κ3) is 6.59. The van der Waals surface area contributed by atoms with Gasteiger partial charge in [-0.2, -0.15) is 0 Å². The Bertz CT molecular complexity index is 595. The molecule has 8 heteroatoms. The van der Waals surface area contributed by atoms with Gasteiger partial charge in [-0.25, -0.2) is 14.4 Å². The molecule has 0 saturated carbocycles. The molecule has 1 aromatic carbocycles. The van der Waals surface area contributed by atoms with Crippen LogP contribution in [0.5, 0.6) is 0 Å². The van der Waals surface area contributed by atoms with Gasteiger partial charge in [0.1, 0.15) is 19.3 Å². The molecule has 0 amide bonds. The molecular weight excluding hydrogens is 320 g/mol. The van der Waals surface area contributed by atoms with E-state index in [1.807, 2.05) is 0 Å². The Morgan fingerprint density at radius 1 is 1.08 bits per heavy atom. The fourth-order valence-corrected chi connectivity index (χ4v) is 1.62. The van der Waals surface area contributed by atoms with Crippen molar-refractivity contribution in [3.05, 3.63) is 48.0 Å². The second-order valence-corrected chi connectivity index (χ2v) is 4.55. The number of hydrogen-bond acceptors (Lipinski definition) is 7. The number of carbonyl (C=O) groups excluding carboxylic acids is 2. The van der Waals surface area contributed by atoms with Crippen LogP contribution in [-0.2, 0) is 19.0 Å². The number of aliphatic hydroxyl groups excluding tert-OH is 1. The second-order valence-electron chi connectivity index (χ2n) is 4.55. The van der Waals surface area contributed by atoms with Gasteiger partial charge in [0.2, 0.25) is 0 Å². The molecule has 1 atom stereocenters. The minimum absolute atomic E-state index is 0.00332. The first-order chi connectivity index (χ1) is 11.5. The van der Waals surface area contributed by atoms with Crippen molar-refractivity contribution in [1.82, 2.24) is 0 Å². The number of carboxylic acid groups (broad SMARTS) is 1. The van der Waals surface area contributed by atoms with Crippen LogP contribution in [0, 0.1) is 0 Å². The van der Waals surface area contributed by atoms with Crippen LogP contribution in [0.15, 0.2) is 36.9 Å². The zero-order chi connectivity index (χ0) is 17.9. The number of ether oxygens (including phenoxy) is 3. The lowest BCUT2D eigenvalue weighted by Crippen LogP contribution is -2.25. The normalized spacial score (nSPS) is 11.4. The molecule has 0 spiro atoms. The smallest absolute Gasteiger partial charge is 0.339 e. The van der Waals surface area contributed by atoms with E-state index in [4.69, 9.17) is 14.6 Å². The van der Waals surface area contributed by atoms with Crippen molar-refractivity contribution in [2.75, 3.05) is 26.4 Å². The third-order valence-corrected chi connectivity index (χ3v) is 2.73. The van der Waals surface area contributed by atoms with Gasteiger partial charge in [-0.3, -0.25) is 0 Å². The van der Waals surface area contributed by atoms with Gasteiger partial charge >= 0.3 is 17.9 Å². The van der Waals surface area contributed by atoms with Crippen molar-refractivity contribution in [2.24, 2.45) is 0 Å². The molecule has 0 bridgehead atoms. The zero-order valence-electron chi connectivity index (χ0n) is 12.8. The number of esters is 2. The number of rotatable bonds is 10. The van der Waals surface area contributed by atoms with Crippen molar-refractivity contribution in [3.63, 3.8) is 0 Å². The van der Waals surface area contributed by atoms with Crippen LogP contribution < -0.4 is 0 Å². The van der Waals surface area contributed by atoms with Gasteiger partial charge in [0, 0.05) is 6.08 Å². The predicted molar refractivity (Wildman–Crippen MR) is 81.7 cm³/mol. The fraction of sp³-hybridized carbons (Fsp3) is 0.312. The molecule has 24 heavy (non-hydrogen) atoms. The molecule has 0 aliphatic rings. The lowest BCUT2D eigenvalue weighted by Gasteiger charge is -2.12. The number of carboxylic acids is 1. The Labute approximate surface area is 138 Å². The summed E-state index contributed by atoms with van der Waals surface area (Å²) < 4.78 is 14.6. The van der Waals surface area contributed by atoms with Gasteiger partial charge in [0.25, 0.3) is 0 Å². The van der Waals surface area contributed by atoms with E-state index in [1.54, 1.807) is 0 Å². The number of benzene rings is 1. The highest BCUT2D eigenvalue weighted by atomic mass is 16.6. The number of hydrogen-bond donors (Lipinski definition) is 2. The molecule has 0 aliphatic carbocycles. The second kappa shape index (κ2) is 10.1. The zero-order valence-corrected chi connectivity index (χ0v) is 12.8. The van der Waals surface area contributed by atoms with E-state index in [0.29, 0.717) is 0 Å². The lowest BCUT2D eigenvalue weighted by atomic mass is 10.1. The van der Waals surface area contributed by atoms with Gasteiger partial charge in [0.15, 0.2) is 0 Å². The van der Waals surface area contributed by atoms with Gasteiger partial charge in [-0.15, -0.1) is 0 Å². The van der Waals surface area contributed by atoms with E-state index < -0.39 is 24.0 Å². The van der Waals surface area contributed by atoms with Gasteiger partial charge in [-0.05, 0) is 12.1 Å². The van der Waals surface area contributed by atoms with Crippen molar-refractivity contribution >= 4 is 17.9 Å². The molecule has 0 aromatic heterocycles. The summed E-state index contributed by atoms with van der Waals surface area (Å²) >= 11 is 0. The standard InChI is InChI=1S/C16H18O8/c1-2-14(18)23-8-7-22-9-11(17)10-24-16(21)13-6-4-3-5-12(13)15(19)20/h2-6,11,17H,1,7-10H2,(H,19,20). The van der Waals surface area contributed by atoms with Gasteiger partial charge in [0.05, 0.1) is 24.3 Å². The SMILES string of the molecule is C=CC(=O)OCCOCC(O)COC(=O)c1ccccc1C(=O)O. The molecule has 0 heterocycles. The van der Waals surface area contributed by atoms with Crippen LogP contribution in [0.3, 0.4) is 0 Å². The summed E-state index contributed by atoms with van der Waals surface area (Å²) in [4.78, 5) is 33.6. The van der Waals surface area contributed by atoms with E-state index in [2.05, 4.69) is 11.3 Å². The fourth-order valence-electron chi connectivity index (χ4n) is 1.62. The molecule has 8 nitrogen and oxygen atoms in total. The van der Waals surface area contributed by atoms with Crippen LogP contribution in [-0.4, -0.2) is 60.7 Å². The Morgan fingerprint density at radius 2 is 1.75 bits per heavy atom. The van der Waals surface area contributed by atoms with E-state index >= 15 is 0 Å².